The first-order valence-corrected chi connectivity index (χ1v) is 6.52. The SMILES string of the molecule is CCc1ccccc1OCC(=O)NCc1cnccn1. The molecule has 104 valence electrons. The molecule has 0 saturated heterocycles. The second kappa shape index (κ2) is 7.23. The number of para-hydroxylation sites is 1. The number of hydrogen-bond acceptors (Lipinski definition) is 4. The molecule has 1 aromatic heterocycles. The van der Waals surface area contributed by atoms with Crippen molar-refractivity contribution in [2.45, 2.75) is 19.9 Å². The molecule has 1 aromatic carbocycles. The van der Waals surface area contributed by atoms with Gasteiger partial charge in [0, 0.05) is 12.4 Å². The van der Waals surface area contributed by atoms with E-state index in [1.165, 1.54) is 0 Å². The molecular weight excluding hydrogens is 254 g/mol. The molecule has 0 aliphatic carbocycles. The highest BCUT2D eigenvalue weighted by Gasteiger charge is 2.05. The summed E-state index contributed by atoms with van der Waals surface area (Å²) in [5, 5.41) is 2.74. The minimum absolute atomic E-state index is 0.00270. The lowest BCUT2D eigenvalue weighted by Gasteiger charge is -2.10. The zero-order valence-electron chi connectivity index (χ0n) is 11.4. The van der Waals surface area contributed by atoms with Gasteiger partial charge in [0.2, 0.25) is 0 Å². The second-order valence-electron chi connectivity index (χ2n) is 4.22. The topological polar surface area (TPSA) is 64.1 Å². The van der Waals surface area contributed by atoms with E-state index in [0.29, 0.717) is 6.54 Å². The van der Waals surface area contributed by atoms with Crippen LogP contribution in [0.2, 0.25) is 0 Å². The molecule has 2 aromatic rings. The van der Waals surface area contributed by atoms with E-state index in [4.69, 9.17) is 4.74 Å². The van der Waals surface area contributed by atoms with Crippen molar-refractivity contribution < 1.29 is 9.53 Å². The molecule has 0 saturated carbocycles. The van der Waals surface area contributed by atoms with Crippen molar-refractivity contribution in [3.05, 3.63) is 54.1 Å². The second-order valence-corrected chi connectivity index (χ2v) is 4.22. The fraction of sp³-hybridized carbons (Fsp3) is 0.267. The summed E-state index contributed by atoms with van der Waals surface area (Å²) >= 11 is 0. The minimum atomic E-state index is -0.179. The molecule has 20 heavy (non-hydrogen) atoms. The van der Waals surface area contributed by atoms with Gasteiger partial charge in [-0.2, -0.15) is 0 Å². The predicted octanol–water partition coefficient (Wildman–Crippen LogP) is 1.73. The molecular formula is C15H17N3O2. The molecule has 0 aliphatic rings. The monoisotopic (exact) mass is 271 g/mol. The van der Waals surface area contributed by atoms with Crippen LogP contribution in [0.1, 0.15) is 18.2 Å². The first-order chi connectivity index (χ1) is 9.79. The van der Waals surface area contributed by atoms with Crippen molar-refractivity contribution in [1.29, 1.82) is 0 Å². The summed E-state index contributed by atoms with van der Waals surface area (Å²) in [7, 11) is 0. The summed E-state index contributed by atoms with van der Waals surface area (Å²) in [5.41, 5.74) is 1.81. The van der Waals surface area contributed by atoms with Crippen LogP contribution in [-0.2, 0) is 17.8 Å². The normalized spacial score (nSPS) is 10.1. The Balaban J connectivity index is 1.80. The maximum Gasteiger partial charge on any atom is 0.258 e. The van der Waals surface area contributed by atoms with Gasteiger partial charge >= 0.3 is 0 Å². The van der Waals surface area contributed by atoms with Gasteiger partial charge in [-0.3, -0.25) is 14.8 Å². The number of aromatic nitrogens is 2. The van der Waals surface area contributed by atoms with Crippen LogP contribution < -0.4 is 10.1 Å². The minimum Gasteiger partial charge on any atom is -0.483 e. The highest BCUT2D eigenvalue weighted by Crippen LogP contribution is 2.17. The summed E-state index contributed by atoms with van der Waals surface area (Å²) < 4.78 is 5.53. The highest BCUT2D eigenvalue weighted by molar-refractivity contribution is 5.77. The third-order valence-electron chi connectivity index (χ3n) is 2.80. The Morgan fingerprint density at radius 3 is 2.90 bits per heavy atom. The molecule has 5 nitrogen and oxygen atoms in total. The Kier molecular flexibility index (Phi) is 5.06. The van der Waals surface area contributed by atoms with Crippen LogP contribution in [0.25, 0.3) is 0 Å². The number of rotatable bonds is 6. The molecule has 2 rings (SSSR count). The van der Waals surface area contributed by atoms with Gasteiger partial charge in [0.05, 0.1) is 18.4 Å². The van der Waals surface area contributed by atoms with Crippen LogP contribution in [0, 0.1) is 0 Å². The van der Waals surface area contributed by atoms with Crippen LogP contribution in [0.3, 0.4) is 0 Å². The number of carbonyl (C=O) groups excluding carboxylic acids is 1. The Morgan fingerprint density at radius 2 is 2.15 bits per heavy atom. The highest BCUT2D eigenvalue weighted by atomic mass is 16.5. The van der Waals surface area contributed by atoms with Crippen molar-refractivity contribution in [2.24, 2.45) is 0 Å². The van der Waals surface area contributed by atoms with Crippen LogP contribution >= 0.6 is 0 Å². The summed E-state index contributed by atoms with van der Waals surface area (Å²) in [4.78, 5) is 19.7. The van der Waals surface area contributed by atoms with Gasteiger partial charge in [-0.05, 0) is 18.1 Å². The number of nitrogens with one attached hydrogen (secondary N) is 1. The molecule has 0 aliphatic heterocycles. The van der Waals surface area contributed by atoms with E-state index in [2.05, 4.69) is 22.2 Å². The largest absolute Gasteiger partial charge is 0.483 e. The zero-order chi connectivity index (χ0) is 14.2. The van der Waals surface area contributed by atoms with Crippen molar-refractivity contribution in [2.75, 3.05) is 6.61 Å². The Bertz CT molecular complexity index is 558. The third kappa shape index (κ3) is 4.05. The van der Waals surface area contributed by atoms with Crippen LogP contribution in [0.5, 0.6) is 5.75 Å². The van der Waals surface area contributed by atoms with Crippen molar-refractivity contribution >= 4 is 5.91 Å². The number of nitrogens with zero attached hydrogens (tertiary/aromatic N) is 2. The first kappa shape index (κ1) is 14.0. The predicted molar refractivity (Wildman–Crippen MR) is 75.2 cm³/mol. The summed E-state index contributed by atoms with van der Waals surface area (Å²) in [6.07, 6.45) is 5.68. The summed E-state index contributed by atoms with van der Waals surface area (Å²) in [6, 6.07) is 7.72. The zero-order valence-corrected chi connectivity index (χ0v) is 11.4. The first-order valence-electron chi connectivity index (χ1n) is 6.52. The van der Waals surface area contributed by atoms with Crippen LogP contribution in [0.15, 0.2) is 42.9 Å². The van der Waals surface area contributed by atoms with Gasteiger partial charge in [0.25, 0.3) is 5.91 Å². The van der Waals surface area contributed by atoms with Crippen LogP contribution in [0.4, 0.5) is 0 Å². The lowest BCUT2D eigenvalue weighted by Crippen LogP contribution is -2.28. The van der Waals surface area contributed by atoms with Gasteiger partial charge in [-0.25, -0.2) is 0 Å². The van der Waals surface area contributed by atoms with Gasteiger partial charge in [-0.1, -0.05) is 25.1 Å². The molecule has 1 amide bonds. The summed E-state index contributed by atoms with van der Waals surface area (Å²) in [5.74, 6) is 0.575. The van der Waals surface area contributed by atoms with Gasteiger partial charge in [-0.15, -0.1) is 0 Å². The standard InChI is InChI=1S/C15H17N3O2/c1-2-12-5-3-4-6-14(12)20-11-15(19)18-10-13-9-16-7-8-17-13/h3-9H,2,10-11H2,1H3,(H,18,19). The molecule has 1 heterocycles. The van der Waals surface area contributed by atoms with E-state index in [9.17, 15) is 4.79 Å². The molecule has 0 radical (unpaired) electrons. The molecule has 1 N–H and O–H groups in total. The van der Waals surface area contributed by atoms with Crippen LogP contribution in [-0.4, -0.2) is 22.5 Å². The van der Waals surface area contributed by atoms with Gasteiger partial charge in [0.1, 0.15) is 5.75 Å². The maximum atomic E-state index is 11.7. The molecule has 0 unspecified atom stereocenters. The molecule has 0 spiro atoms. The number of hydrogen-bond donors (Lipinski definition) is 1. The average molecular weight is 271 g/mol. The maximum absolute atomic E-state index is 11.7. The lowest BCUT2D eigenvalue weighted by molar-refractivity contribution is -0.123. The van der Waals surface area contributed by atoms with Crippen molar-refractivity contribution in [1.82, 2.24) is 15.3 Å². The molecule has 5 heteroatoms. The van der Waals surface area contributed by atoms with Gasteiger partial charge in [0.15, 0.2) is 6.61 Å². The number of aryl methyl sites for hydroxylation is 1. The number of ether oxygens (including phenoxy) is 1. The number of benzene rings is 1. The van der Waals surface area contributed by atoms with Crippen molar-refractivity contribution in [3.63, 3.8) is 0 Å². The van der Waals surface area contributed by atoms with E-state index in [1.54, 1.807) is 18.6 Å². The Labute approximate surface area is 118 Å². The lowest BCUT2D eigenvalue weighted by atomic mass is 10.1. The average Bonchev–Trinajstić information content (AvgIpc) is 2.52. The summed E-state index contributed by atoms with van der Waals surface area (Å²) in [6.45, 7) is 2.40. The molecule has 0 bridgehead atoms. The molecule has 0 atom stereocenters. The van der Waals surface area contributed by atoms with E-state index in [0.717, 1.165) is 23.4 Å². The fourth-order valence-corrected chi connectivity index (χ4v) is 1.74. The number of carbonyl (C=O) groups is 1. The van der Waals surface area contributed by atoms with Crippen molar-refractivity contribution in [3.8, 4) is 5.75 Å². The van der Waals surface area contributed by atoms with E-state index in [1.807, 2.05) is 24.3 Å². The van der Waals surface area contributed by atoms with E-state index < -0.39 is 0 Å². The van der Waals surface area contributed by atoms with Gasteiger partial charge < -0.3 is 10.1 Å². The smallest absolute Gasteiger partial charge is 0.258 e. The van der Waals surface area contributed by atoms with E-state index in [-0.39, 0.29) is 12.5 Å². The Hall–Kier alpha value is -2.43. The van der Waals surface area contributed by atoms with E-state index >= 15 is 0 Å². The Morgan fingerprint density at radius 1 is 1.30 bits per heavy atom. The quantitative estimate of drug-likeness (QED) is 0.869. The third-order valence-corrected chi connectivity index (χ3v) is 2.80. The number of amides is 1. The fourth-order valence-electron chi connectivity index (χ4n) is 1.74. The molecule has 0 fully saturated rings.